The lowest BCUT2D eigenvalue weighted by molar-refractivity contribution is 0.0504. The Morgan fingerprint density at radius 2 is 1.67 bits per heavy atom. The first-order valence-corrected chi connectivity index (χ1v) is 4.58. The summed E-state index contributed by atoms with van der Waals surface area (Å²) in [7, 11) is 4.79. The van der Waals surface area contributed by atoms with Crippen LogP contribution in [0.15, 0.2) is 12.1 Å². The smallest absolute Gasteiger partial charge is 0.188 e. The lowest BCUT2D eigenvalue weighted by Crippen LogP contribution is -2.02. The summed E-state index contributed by atoms with van der Waals surface area (Å²) in [4.78, 5) is 0. The summed E-state index contributed by atoms with van der Waals surface area (Å²) >= 11 is 0. The molecule has 84 valence electrons. The third-order valence-corrected chi connectivity index (χ3v) is 2.08. The Morgan fingerprint density at radius 1 is 1.00 bits per heavy atom. The SMILES string of the molecule is COCOc1ccc(OC)c(OC)c1C. The van der Waals surface area contributed by atoms with Crippen molar-refractivity contribution in [3.05, 3.63) is 17.7 Å². The first kappa shape index (κ1) is 11.7. The zero-order valence-corrected chi connectivity index (χ0v) is 9.49. The highest BCUT2D eigenvalue weighted by atomic mass is 16.7. The molecule has 4 heteroatoms. The maximum absolute atomic E-state index is 5.37. The zero-order valence-electron chi connectivity index (χ0n) is 9.49. The summed E-state index contributed by atoms with van der Waals surface area (Å²) in [5, 5.41) is 0. The second-order valence-corrected chi connectivity index (χ2v) is 2.98. The van der Waals surface area contributed by atoms with Gasteiger partial charge in [-0.1, -0.05) is 0 Å². The molecule has 0 aliphatic heterocycles. The molecule has 1 rings (SSSR count). The van der Waals surface area contributed by atoms with Crippen molar-refractivity contribution in [1.82, 2.24) is 0 Å². The van der Waals surface area contributed by atoms with Crippen LogP contribution in [0.2, 0.25) is 0 Å². The minimum atomic E-state index is 0.219. The average molecular weight is 212 g/mol. The minimum absolute atomic E-state index is 0.219. The van der Waals surface area contributed by atoms with E-state index < -0.39 is 0 Å². The van der Waals surface area contributed by atoms with E-state index in [-0.39, 0.29) is 6.79 Å². The van der Waals surface area contributed by atoms with Crippen LogP contribution in [0.3, 0.4) is 0 Å². The van der Waals surface area contributed by atoms with Gasteiger partial charge >= 0.3 is 0 Å². The van der Waals surface area contributed by atoms with E-state index in [1.807, 2.05) is 13.0 Å². The highest BCUT2D eigenvalue weighted by Gasteiger charge is 2.11. The molecule has 0 aliphatic carbocycles. The molecular formula is C11H16O4. The molecule has 0 radical (unpaired) electrons. The third-order valence-electron chi connectivity index (χ3n) is 2.08. The molecule has 0 spiro atoms. The van der Waals surface area contributed by atoms with Crippen molar-refractivity contribution in [2.24, 2.45) is 0 Å². The highest BCUT2D eigenvalue weighted by molar-refractivity contribution is 5.53. The molecule has 0 heterocycles. The summed E-state index contributed by atoms with van der Waals surface area (Å²) in [6.07, 6.45) is 0. The van der Waals surface area contributed by atoms with Crippen LogP contribution in [-0.4, -0.2) is 28.1 Å². The van der Waals surface area contributed by atoms with E-state index in [0.29, 0.717) is 11.5 Å². The van der Waals surface area contributed by atoms with Crippen LogP contribution in [0.1, 0.15) is 5.56 Å². The van der Waals surface area contributed by atoms with Gasteiger partial charge in [-0.3, -0.25) is 0 Å². The molecule has 1 aromatic rings. The normalized spacial score (nSPS) is 9.87. The Balaban J connectivity index is 3.00. The molecule has 0 amide bonds. The average Bonchev–Trinajstić information content (AvgIpc) is 2.27. The molecule has 0 saturated carbocycles. The van der Waals surface area contributed by atoms with Crippen molar-refractivity contribution < 1.29 is 18.9 Å². The van der Waals surface area contributed by atoms with Gasteiger partial charge in [0.2, 0.25) is 0 Å². The minimum Gasteiger partial charge on any atom is -0.493 e. The van der Waals surface area contributed by atoms with Gasteiger partial charge in [-0.05, 0) is 19.1 Å². The Morgan fingerprint density at radius 3 is 2.20 bits per heavy atom. The van der Waals surface area contributed by atoms with Crippen molar-refractivity contribution in [3.63, 3.8) is 0 Å². The zero-order chi connectivity index (χ0) is 11.3. The fourth-order valence-electron chi connectivity index (χ4n) is 1.34. The fourth-order valence-corrected chi connectivity index (χ4v) is 1.34. The van der Waals surface area contributed by atoms with Gasteiger partial charge in [0.05, 0.1) is 14.2 Å². The van der Waals surface area contributed by atoms with Gasteiger partial charge in [0.25, 0.3) is 0 Å². The van der Waals surface area contributed by atoms with E-state index in [4.69, 9.17) is 18.9 Å². The number of hydrogen-bond donors (Lipinski definition) is 0. The number of methoxy groups -OCH3 is 3. The standard InChI is InChI=1S/C11H16O4/c1-8-9(15-7-12-2)5-6-10(13-3)11(8)14-4/h5-6H,7H2,1-4H3. The number of hydrogen-bond acceptors (Lipinski definition) is 4. The maximum atomic E-state index is 5.37. The summed E-state index contributed by atoms with van der Waals surface area (Å²) in [5.74, 6) is 2.11. The van der Waals surface area contributed by atoms with E-state index in [0.717, 1.165) is 11.3 Å². The van der Waals surface area contributed by atoms with Gasteiger partial charge in [-0.25, -0.2) is 0 Å². The van der Waals surface area contributed by atoms with Crippen LogP contribution >= 0.6 is 0 Å². The Labute approximate surface area is 89.7 Å². The van der Waals surface area contributed by atoms with Crippen molar-refractivity contribution in [2.75, 3.05) is 28.1 Å². The molecular weight excluding hydrogens is 196 g/mol. The van der Waals surface area contributed by atoms with E-state index in [1.54, 1.807) is 27.4 Å². The highest BCUT2D eigenvalue weighted by Crippen LogP contribution is 2.36. The van der Waals surface area contributed by atoms with Crippen molar-refractivity contribution >= 4 is 0 Å². The van der Waals surface area contributed by atoms with Crippen molar-refractivity contribution in [3.8, 4) is 17.2 Å². The molecule has 0 bridgehead atoms. The lowest BCUT2D eigenvalue weighted by atomic mass is 10.2. The van der Waals surface area contributed by atoms with E-state index in [2.05, 4.69) is 0 Å². The van der Waals surface area contributed by atoms with Gasteiger partial charge in [-0.15, -0.1) is 0 Å². The Kier molecular flexibility index (Phi) is 4.24. The van der Waals surface area contributed by atoms with Gasteiger partial charge in [0.15, 0.2) is 18.3 Å². The monoisotopic (exact) mass is 212 g/mol. The van der Waals surface area contributed by atoms with Crippen LogP contribution in [-0.2, 0) is 4.74 Å². The molecule has 0 unspecified atom stereocenters. The van der Waals surface area contributed by atoms with E-state index in [1.165, 1.54) is 0 Å². The fraction of sp³-hybridized carbons (Fsp3) is 0.455. The summed E-state index contributed by atoms with van der Waals surface area (Å²) in [5.41, 5.74) is 0.897. The molecule has 0 aromatic heterocycles. The molecule has 0 atom stereocenters. The first-order chi connectivity index (χ1) is 7.24. The largest absolute Gasteiger partial charge is 0.493 e. The second kappa shape index (κ2) is 5.46. The van der Waals surface area contributed by atoms with Gasteiger partial charge in [-0.2, -0.15) is 0 Å². The molecule has 1 aromatic carbocycles. The quantitative estimate of drug-likeness (QED) is 0.699. The third kappa shape index (κ3) is 2.53. The first-order valence-electron chi connectivity index (χ1n) is 4.58. The predicted molar refractivity (Wildman–Crippen MR) is 56.8 cm³/mol. The molecule has 0 aliphatic rings. The Bertz CT molecular complexity index is 323. The predicted octanol–water partition coefficient (Wildman–Crippen LogP) is 1.99. The molecule has 0 saturated heterocycles. The van der Waals surface area contributed by atoms with Crippen molar-refractivity contribution in [1.29, 1.82) is 0 Å². The number of rotatable bonds is 5. The summed E-state index contributed by atoms with van der Waals surface area (Å²) in [6, 6.07) is 3.63. The molecule has 0 fully saturated rings. The van der Waals surface area contributed by atoms with Crippen LogP contribution in [0, 0.1) is 6.92 Å². The van der Waals surface area contributed by atoms with Gasteiger partial charge in [0.1, 0.15) is 5.75 Å². The van der Waals surface area contributed by atoms with Gasteiger partial charge in [0, 0.05) is 12.7 Å². The maximum Gasteiger partial charge on any atom is 0.188 e. The van der Waals surface area contributed by atoms with Crippen LogP contribution in [0.4, 0.5) is 0 Å². The number of ether oxygens (including phenoxy) is 4. The molecule has 0 N–H and O–H groups in total. The topological polar surface area (TPSA) is 36.9 Å². The van der Waals surface area contributed by atoms with Gasteiger partial charge < -0.3 is 18.9 Å². The van der Waals surface area contributed by atoms with Crippen LogP contribution in [0.5, 0.6) is 17.2 Å². The van der Waals surface area contributed by atoms with Crippen molar-refractivity contribution in [2.45, 2.75) is 6.92 Å². The van der Waals surface area contributed by atoms with E-state index in [9.17, 15) is 0 Å². The summed E-state index contributed by atoms with van der Waals surface area (Å²) in [6.45, 7) is 2.13. The Hall–Kier alpha value is -1.42. The van der Waals surface area contributed by atoms with Crippen LogP contribution < -0.4 is 14.2 Å². The van der Waals surface area contributed by atoms with Crippen LogP contribution in [0.25, 0.3) is 0 Å². The lowest BCUT2D eigenvalue weighted by Gasteiger charge is -2.14. The second-order valence-electron chi connectivity index (χ2n) is 2.98. The van der Waals surface area contributed by atoms with E-state index >= 15 is 0 Å². The summed E-state index contributed by atoms with van der Waals surface area (Å²) < 4.78 is 20.6. The molecule has 15 heavy (non-hydrogen) atoms. The molecule has 4 nitrogen and oxygen atoms in total. The number of benzene rings is 1.